The van der Waals surface area contributed by atoms with E-state index in [0.29, 0.717) is 10.9 Å². The Kier molecular flexibility index (Phi) is 5.74. The third kappa shape index (κ3) is 4.65. The smallest absolute Gasteiger partial charge is 0.390 e. The van der Waals surface area contributed by atoms with Crippen LogP contribution in [-0.4, -0.2) is 58.0 Å². The maximum Gasteiger partial charge on any atom is 0.390 e. The Morgan fingerprint density at radius 2 is 2.00 bits per heavy atom. The summed E-state index contributed by atoms with van der Waals surface area (Å²) in [6.07, 6.45) is -5.38. The van der Waals surface area contributed by atoms with Crippen LogP contribution in [0.5, 0.6) is 0 Å². The van der Waals surface area contributed by atoms with Gasteiger partial charge in [0.1, 0.15) is 0 Å². The van der Waals surface area contributed by atoms with Gasteiger partial charge in [-0.2, -0.15) is 13.2 Å². The second kappa shape index (κ2) is 7.59. The van der Waals surface area contributed by atoms with Gasteiger partial charge < -0.3 is 15.1 Å². The van der Waals surface area contributed by atoms with Crippen molar-refractivity contribution in [3.63, 3.8) is 0 Å². The molecule has 0 fully saturated rings. The number of alkyl halides is 3. The van der Waals surface area contributed by atoms with Crippen LogP contribution in [0.25, 0.3) is 10.9 Å². The SMILES string of the molecule is O=C(c1cccc2ncccc12)N(CCC(F)(F)F)C[C@H](O)CO. The lowest BCUT2D eigenvalue weighted by molar-refractivity contribution is -0.137. The van der Waals surface area contributed by atoms with E-state index in [1.807, 2.05) is 0 Å². The minimum Gasteiger partial charge on any atom is -0.394 e. The maximum absolute atomic E-state index is 12.7. The van der Waals surface area contributed by atoms with E-state index in [9.17, 15) is 23.1 Å². The summed E-state index contributed by atoms with van der Waals surface area (Å²) in [6, 6.07) is 8.06. The standard InChI is InChI=1S/C16H17F3N2O3/c17-16(18,19)6-8-21(9-11(23)10-22)15(24)13-3-1-5-14-12(13)4-2-7-20-14/h1-5,7,11,22-23H,6,8-10H2/t11-/m0/s1. The molecule has 0 spiro atoms. The average Bonchev–Trinajstić information content (AvgIpc) is 2.56. The summed E-state index contributed by atoms with van der Waals surface area (Å²) < 4.78 is 37.5. The van der Waals surface area contributed by atoms with Crippen LogP contribution >= 0.6 is 0 Å². The summed E-state index contributed by atoms with van der Waals surface area (Å²) in [5.74, 6) is -0.648. The van der Waals surface area contributed by atoms with Gasteiger partial charge >= 0.3 is 6.18 Å². The number of amides is 1. The molecular weight excluding hydrogens is 325 g/mol. The number of fused-ring (bicyclic) bond motifs is 1. The highest BCUT2D eigenvalue weighted by molar-refractivity contribution is 6.06. The average molecular weight is 342 g/mol. The van der Waals surface area contributed by atoms with Crippen molar-refractivity contribution < 1.29 is 28.2 Å². The molecule has 0 radical (unpaired) electrons. The van der Waals surface area contributed by atoms with E-state index in [4.69, 9.17) is 5.11 Å². The zero-order valence-corrected chi connectivity index (χ0v) is 12.7. The molecule has 1 aromatic carbocycles. The zero-order valence-electron chi connectivity index (χ0n) is 12.7. The van der Waals surface area contributed by atoms with Gasteiger partial charge in [0.05, 0.1) is 24.6 Å². The molecule has 0 aliphatic heterocycles. The Morgan fingerprint density at radius 1 is 1.25 bits per heavy atom. The van der Waals surface area contributed by atoms with Crippen molar-refractivity contribution in [3.05, 3.63) is 42.1 Å². The highest BCUT2D eigenvalue weighted by Gasteiger charge is 2.30. The maximum atomic E-state index is 12.7. The minimum atomic E-state index is -4.43. The zero-order chi connectivity index (χ0) is 17.7. The van der Waals surface area contributed by atoms with E-state index in [2.05, 4.69) is 4.98 Å². The Morgan fingerprint density at radius 3 is 2.67 bits per heavy atom. The summed E-state index contributed by atoms with van der Waals surface area (Å²) >= 11 is 0. The topological polar surface area (TPSA) is 73.7 Å². The number of halogens is 3. The fourth-order valence-electron chi connectivity index (χ4n) is 2.31. The van der Waals surface area contributed by atoms with Crippen molar-refractivity contribution in [2.45, 2.75) is 18.7 Å². The second-order valence-electron chi connectivity index (χ2n) is 5.33. The molecule has 0 saturated heterocycles. The fraction of sp³-hybridized carbons (Fsp3) is 0.375. The van der Waals surface area contributed by atoms with Crippen molar-refractivity contribution in [2.24, 2.45) is 0 Å². The summed E-state index contributed by atoms with van der Waals surface area (Å²) in [5.41, 5.74) is 0.745. The van der Waals surface area contributed by atoms with Crippen LogP contribution in [0.3, 0.4) is 0 Å². The number of pyridine rings is 1. The van der Waals surface area contributed by atoms with Gasteiger partial charge in [0.25, 0.3) is 5.91 Å². The van der Waals surface area contributed by atoms with Gasteiger partial charge in [-0.15, -0.1) is 0 Å². The third-order valence-corrected chi connectivity index (χ3v) is 3.47. The minimum absolute atomic E-state index is 0.202. The van der Waals surface area contributed by atoms with E-state index < -0.39 is 37.8 Å². The van der Waals surface area contributed by atoms with Gasteiger partial charge in [0.2, 0.25) is 0 Å². The molecule has 8 heteroatoms. The molecule has 0 bridgehead atoms. The lowest BCUT2D eigenvalue weighted by Gasteiger charge is -2.25. The molecule has 1 heterocycles. The number of nitrogens with zero attached hydrogens (tertiary/aromatic N) is 2. The fourth-order valence-corrected chi connectivity index (χ4v) is 2.31. The van der Waals surface area contributed by atoms with Gasteiger partial charge in [0.15, 0.2) is 0 Å². The first-order chi connectivity index (χ1) is 11.3. The van der Waals surface area contributed by atoms with E-state index in [1.54, 1.807) is 30.5 Å². The molecule has 5 nitrogen and oxygen atoms in total. The summed E-state index contributed by atoms with van der Waals surface area (Å²) in [7, 11) is 0. The van der Waals surface area contributed by atoms with Crippen molar-refractivity contribution in [3.8, 4) is 0 Å². The quantitative estimate of drug-likeness (QED) is 0.842. The van der Waals surface area contributed by atoms with Gasteiger partial charge in [-0.05, 0) is 18.2 Å². The Balaban J connectivity index is 2.31. The van der Waals surface area contributed by atoms with Crippen LogP contribution in [0.1, 0.15) is 16.8 Å². The lowest BCUT2D eigenvalue weighted by Crippen LogP contribution is -2.40. The molecule has 24 heavy (non-hydrogen) atoms. The molecule has 0 saturated carbocycles. The summed E-state index contributed by atoms with van der Waals surface area (Å²) in [5, 5.41) is 19.0. The van der Waals surface area contributed by atoms with Crippen LogP contribution in [0.15, 0.2) is 36.5 Å². The number of carbonyl (C=O) groups excluding carboxylic acids is 1. The number of hydrogen-bond acceptors (Lipinski definition) is 4. The largest absolute Gasteiger partial charge is 0.394 e. The number of carbonyl (C=O) groups is 1. The first kappa shape index (κ1) is 18.2. The highest BCUT2D eigenvalue weighted by atomic mass is 19.4. The monoisotopic (exact) mass is 342 g/mol. The highest BCUT2D eigenvalue weighted by Crippen LogP contribution is 2.22. The summed E-state index contributed by atoms with van der Waals surface area (Å²) in [4.78, 5) is 17.7. The van der Waals surface area contributed by atoms with Gasteiger partial charge in [-0.3, -0.25) is 9.78 Å². The summed E-state index contributed by atoms with van der Waals surface area (Å²) in [6.45, 7) is -1.63. The number of aromatic nitrogens is 1. The molecule has 0 aliphatic carbocycles. The van der Waals surface area contributed by atoms with Crippen LogP contribution in [0.2, 0.25) is 0 Å². The predicted octanol–water partition coefficient (Wildman–Crippen LogP) is 1.98. The molecular formula is C16H17F3N2O3. The van der Waals surface area contributed by atoms with E-state index >= 15 is 0 Å². The van der Waals surface area contributed by atoms with Crippen molar-refractivity contribution in [2.75, 3.05) is 19.7 Å². The first-order valence-electron chi connectivity index (χ1n) is 7.30. The van der Waals surface area contributed by atoms with E-state index in [1.165, 1.54) is 6.07 Å². The predicted molar refractivity (Wildman–Crippen MR) is 81.4 cm³/mol. The van der Waals surface area contributed by atoms with Crippen molar-refractivity contribution in [1.29, 1.82) is 0 Å². The van der Waals surface area contributed by atoms with Crippen LogP contribution < -0.4 is 0 Å². The molecule has 2 rings (SSSR count). The van der Waals surface area contributed by atoms with E-state index in [-0.39, 0.29) is 12.1 Å². The first-order valence-corrected chi connectivity index (χ1v) is 7.30. The molecule has 1 amide bonds. The molecule has 130 valence electrons. The number of rotatable bonds is 6. The van der Waals surface area contributed by atoms with Gasteiger partial charge in [-0.1, -0.05) is 12.1 Å². The molecule has 0 unspecified atom stereocenters. The Hall–Kier alpha value is -2.19. The number of aliphatic hydroxyl groups excluding tert-OH is 2. The van der Waals surface area contributed by atoms with Crippen molar-refractivity contribution in [1.82, 2.24) is 9.88 Å². The normalized spacial score (nSPS) is 13.0. The van der Waals surface area contributed by atoms with Crippen LogP contribution in [0.4, 0.5) is 13.2 Å². The number of hydrogen-bond donors (Lipinski definition) is 2. The molecule has 2 N–H and O–H groups in total. The molecule has 1 atom stereocenters. The van der Waals surface area contributed by atoms with Crippen LogP contribution in [-0.2, 0) is 0 Å². The van der Waals surface area contributed by atoms with Crippen molar-refractivity contribution >= 4 is 16.8 Å². The number of benzene rings is 1. The molecule has 2 aromatic rings. The van der Waals surface area contributed by atoms with E-state index in [0.717, 1.165) is 4.90 Å². The third-order valence-electron chi connectivity index (χ3n) is 3.47. The Labute approximate surface area is 136 Å². The Bertz CT molecular complexity index is 701. The molecule has 1 aromatic heterocycles. The molecule has 0 aliphatic rings. The van der Waals surface area contributed by atoms with Gasteiger partial charge in [-0.25, -0.2) is 0 Å². The lowest BCUT2D eigenvalue weighted by atomic mass is 10.1. The van der Waals surface area contributed by atoms with Gasteiger partial charge in [0, 0.05) is 30.2 Å². The van der Waals surface area contributed by atoms with Crippen LogP contribution in [0, 0.1) is 0 Å². The second-order valence-corrected chi connectivity index (χ2v) is 5.33. The number of aliphatic hydroxyl groups is 2.